The molecule has 1 saturated heterocycles. The number of aromatic nitrogens is 2. The molecule has 3 rings (SSSR count). The fraction of sp³-hybridized carbons (Fsp3) is 0.417. The first-order valence-electron chi connectivity index (χ1n) is 5.74. The molecule has 0 spiro atoms. The van der Waals surface area contributed by atoms with Crippen LogP contribution >= 0.6 is 11.6 Å². The Balaban J connectivity index is 2.04. The molecule has 0 aromatic carbocycles. The van der Waals surface area contributed by atoms with E-state index in [0.717, 1.165) is 41.6 Å². The SMILES string of the molecule is C[C@@H]1COCCN1c1cc(Cl)c2cc[nH]c2n1. The molecule has 3 heterocycles. The van der Waals surface area contributed by atoms with E-state index in [2.05, 4.69) is 21.8 Å². The average Bonchev–Trinajstić information content (AvgIpc) is 2.78. The Morgan fingerprint density at radius 3 is 3.29 bits per heavy atom. The number of hydrogen-bond donors (Lipinski definition) is 1. The van der Waals surface area contributed by atoms with Crippen molar-refractivity contribution in [2.45, 2.75) is 13.0 Å². The second-order valence-electron chi connectivity index (χ2n) is 4.32. The molecule has 0 bridgehead atoms. The lowest BCUT2D eigenvalue weighted by atomic mass is 10.2. The van der Waals surface area contributed by atoms with Crippen molar-refractivity contribution in [2.75, 3.05) is 24.7 Å². The first-order valence-corrected chi connectivity index (χ1v) is 6.11. The van der Waals surface area contributed by atoms with Crippen LogP contribution in [0, 0.1) is 0 Å². The molecule has 4 nitrogen and oxygen atoms in total. The van der Waals surface area contributed by atoms with Crippen molar-refractivity contribution in [3.63, 3.8) is 0 Å². The van der Waals surface area contributed by atoms with E-state index in [9.17, 15) is 0 Å². The van der Waals surface area contributed by atoms with E-state index >= 15 is 0 Å². The van der Waals surface area contributed by atoms with E-state index in [1.807, 2.05) is 18.3 Å². The van der Waals surface area contributed by atoms with Crippen LogP contribution in [-0.2, 0) is 4.74 Å². The van der Waals surface area contributed by atoms with Crippen LogP contribution in [0.2, 0.25) is 5.02 Å². The normalized spacial score (nSPS) is 21.1. The molecule has 17 heavy (non-hydrogen) atoms. The van der Waals surface area contributed by atoms with E-state index < -0.39 is 0 Å². The third-order valence-electron chi connectivity index (χ3n) is 3.13. The number of anilines is 1. The summed E-state index contributed by atoms with van der Waals surface area (Å²) in [6.07, 6.45) is 1.86. The lowest BCUT2D eigenvalue weighted by Gasteiger charge is -2.34. The predicted molar refractivity (Wildman–Crippen MR) is 68.7 cm³/mol. The fourth-order valence-electron chi connectivity index (χ4n) is 2.20. The first-order chi connectivity index (χ1) is 8.25. The number of ether oxygens (including phenoxy) is 1. The van der Waals surface area contributed by atoms with E-state index in [0.29, 0.717) is 6.04 Å². The zero-order valence-electron chi connectivity index (χ0n) is 9.61. The maximum absolute atomic E-state index is 6.25. The highest BCUT2D eigenvalue weighted by molar-refractivity contribution is 6.35. The van der Waals surface area contributed by atoms with Crippen LogP contribution in [-0.4, -0.2) is 35.8 Å². The highest BCUT2D eigenvalue weighted by atomic mass is 35.5. The molecule has 5 heteroatoms. The Bertz CT molecular complexity index is 540. The zero-order chi connectivity index (χ0) is 11.8. The summed E-state index contributed by atoms with van der Waals surface area (Å²) in [4.78, 5) is 9.93. The maximum Gasteiger partial charge on any atom is 0.141 e. The van der Waals surface area contributed by atoms with Crippen LogP contribution in [0.1, 0.15) is 6.92 Å². The highest BCUT2D eigenvalue weighted by Gasteiger charge is 2.21. The van der Waals surface area contributed by atoms with Gasteiger partial charge in [-0.25, -0.2) is 4.98 Å². The number of H-pyrrole nitrogens is 1. The van der Waals surface area contributed by atoms with Crippen molar-refractivity contribution in [3.05, 3.63) is 23.4 Å². The Morgan fingerprint density at radius 1 is 1.59 bits per heavy atom. The van der Waals surface area contributed by atoms with Crippen LogP contribution < -0.4 is 4.90 Å². The average molecular weight is 252 g/mol. The van der Waals surface area contributed by atoms with Crippen molar-refractivity contribution in [1.29, 1.82) is 0 Å². The minimum absolute atomic E-state index is 0.333. The van der Waals surface area contributed by atoms with Gasteiger partial charge in [0.1, 0.15) is 11.5 Å². The molecular formula is C12H14ClN3O. The van der Waals surface area contributed by atoms with E-state index in [1.54, 1.807) is 0 Å². The molecule has 1 aliphatic rings. The molecule has 0 unspecified atom stereocenters. The van der Waals surface area contributed by atoms with Crippen LogP contribution in [0.15, 0.2) is 18.3 Å². The van der Waals surface area contributed by atoms with Crippen molar-refractivity contribution < 1.29 is 4.74 Å². The monoisotopic (exact) mass is 251 g/mol. The summed E-state index contributed by atoms with van der Waals surface area (Å²) in [5, 5.41) is 1.71. The largest absolute Gasteiger partial charge is 0.377 e. The summed E-state index contributed by atoms with van der Waals surface area (Å²) in [7, 11) is 0. The topological polar surface area (TPSA) is 41.1 Å². The molecule has 1 N–H and O–H groups in total. The van der Waals surface area contributed by atoms with Gasteiger partial charge in [0.25, 0.3) is 0 Å². The Hall–Kier alpha value is -1.26. The van der Waals surface area contributed by atoms with E-state index in [-0.39, 0.29) is 0 Å². The molecule has 2 aromatic heterocycles. The van der Waals surface area contributed by atoms with Gasteiger partial charge in [0.05, 0.1) is 24.3 Å². The number of nitrogens with zero attached hydrogens (tertiary/aromatic N) is 2. The van der Waals surface area contributed by atoms with Crippen molar-refractivity contribution in [3.8, 4) is 0 Å². The van der Waals surface area contributed by atoms with Crippen LogP contribution in [0.3, 0.4) is 0 Å². The zero-order valence-corrected chi connectivity index (χ0v) is 10.4. The smallest absolute Gasteiger partial charge is 0.141 e. The highest BCUT2D eigenvalue weighted by Crippen LogP contribution is 2.27. The standard InChI is InChI=1S/C12H14ClN3O/c1-8-7-17-5-4-16(8)11-6-10(13)9-2-3-14-12(9)15-11/h2-3,6,8H,4-5,7H2,1H3,(H,14,15)/t8-/m1/s1. The van der Waals surface area contributed by atoms with Crippen LogP contribution in [0.5, 0.6) is 0 Å². The summed E-state index contributed by atoms with van der Waals surface area (Å²) in [5.41, 5.74) is 0.839. The van der Waals surface area contributed by atoms with Gasteiger partial charge in [-0.05, 0) is 13.0 Å². The van der Waals surface area contributed by atoms with Crippen LogP contribution in [0.25, 0.3) is 11.0 Å². The number of fused-ring (bicyclic) bond motifs is 1. The number of halogens is 1. The predicted octanol–water partition coefficient (Wildman–Crippen LogP) is 2.44. The number of nitrogens with one attached hydrogen (secondary N) is 1. The van der Waals surface area contributed by atoms with Gasteiger partial charge in [-0.15, -0.1) is 0 Å². The Kier molecular flexibility index (Phi) is 2.68. The van der Waals surface area contributed by atoms with Gasteiger partial charge in [-0.2, -0.15) is 0 Å². The van der Waals surface area contributed by atoms with Gasteiger partial charge >= 0.3 is 0 Å². The lowest BCUT2D eigenvalue weighted by Crippen LogP contribution is -2.44. The molecule has 2 aromatic rings. The summed E-state index contributed by atoms with van der Waals surface area (Å²) < 4.78 is 5.43. The maximum atomic E-state index is 6.25. The molecule has 0 saturated carbocycles. The van der Waals surface area contributed by atoms with Gasteiger partial charge in [0.2, 0.25) is 0 Å². The fourth-order valence-corrected chi connectivity index (χ4v) is 2.45. The number of morpholine rings is 1. The molecule has 0 radical (unpaired) electrons. The number of pyridine rings is 1. The molecule has 1 atom stereocenters. The van der Waals surface area contributed by atoms with Crippen molar-refractivity contribution in [1.82, 2.24) is 9.97 Å². The van der Waals surface area contributed by atoms with Crippen molar-refractivity contribution >= 4 is 28.5 Å². The third kappa shape index (κ3) is 1.87. The molecular weight excluding hydrogens is 238 g/mol. The summed E-state index contributed by atoms with van der Waals surface area (Å²) in [6, 6.07) is 4.20. The lowest BCUT2D eigenvalue weighted by molar-refractivity contribution is 0.0985. The number of rotatable bonds is 1. The van der Waals surface area contributed by atoms with Gasteiger partial charge in [0.15, 0.2) is 0 Å². The molecule has 1 fully saturated rings. The second-order valence-corrected chi connectivity index (χ2v) is 4.73. The Morgan fingerprint density at radius 2 is 2.47 bits per heavy atom. The molecule has 0 aliphatic carbocycles. The summed E-state index contributed by atoms with van der Waals surface area (Å²) >= 11 is 6.25. The first kappa shape index (κ1) is 10.9. The second kappa shape index (κ2) is 4.20. The van der Waals surface area contributed by atoms with Gasteiger partial charge in [-0.3, -0.25) is 0 Å². The van der Waals surface area contributed by atoms with Gasteiger partial charge in [0, 0.05) is 24.2 Å². The number of aromatic amines is 1. The third-order valence-corrected chi connectivity index (χ3v) is 3.44. The molecule has 90 valence electrons. The van der Waals surface area contributed by atoms with Gasteiger partial charge in [-0.1, -0.05) is 11.6 Å². The summed E-state index contributed by atoms with van der Waals surface area (Å²) in [5.74, 6) is 0.917. The van der Waals surface area contributed by atoms with Crippen molar-refractivity contribution in [2.24, 2.45) is 0 Å². The summed E-state index contributed by atoms with van der Waals surface area (Å²) in [6.45, 7) is 4.47. The quantitative estimate of drug-likeness (QED) is 0.847. The minimum Gasteiger partial charge on any atom is -0.377 e. The minimum atomic E-state index is 0.333. The van der Waals surface area contributed by atoms with E-state index in [1.165, 1.54) is 0 Å². The molecule has 1 aliphatic heterocycles. The van der Waals surface area contributed by atoms with Crippen LogP contribution in [0.4, 0.5) is 5.82 Å². The Labute approximate surface area is 105 Å². The number of hydrogen-bond acceptors (Lipinski definition) is 3. The van der Waals surface area contributed by atoms with E-state index in [4.69, 9.17) is 16.3 Å². The molecule has 0 amide bonds. The van der Waals surface area contributed by atoms with Gasteiger partial charge < -0.3 is 14.6 Å².